The minimum atomic E-state index is 0.294. The van der Waals surface area contributed by atoms with E-state index in [9.17, 15) is 0 Å². The van der Waals surface area contributed by atoms with Gasteiger partial charge in [-0.2, -0.15) is 0 Å². The normalized spacial score (nSPS) is 25.6. The predicted molar refractivity (Wildman–Crippen MR) is 64.3 cm³/mol. The summed E-state index contributed by atoms with van der Waals surface area (Å²) in [5, 5.41) is 7.90. The summed E-state index contributed by atoms with van der Waals surface area (Å²) in [7, 11) is 1.94. The third kappa shape index (κ3) is 2.02. The van der Waals surface area contributed by atoms with Gasteiger partial charge in [0.1, 0.15) is 5.82 Å². The Hall–Kier alpha value is -0.580. The van der Waals surface area contributed by atoms with Crippen molar-refractivity contribution in [3.8, 4) is 0 Å². The highest BCUT2D eigenvalue weighted by Gasteiger charge is 2.35. The summed E-state index contributed by atoms with van der Waals surface area (Å²) in [5.74, 6) is 1.11. The quantitative estimate of drug-likeness (QED) is 0.732. The zero-order chi connectivity index (χ0) is 11.1. The molecule has 5 heteroatoms. The van der Waals surface area contributed by atoms with E-state index in [1.165, 1.54) is 0 Å². The molecule has 1 unspecified atom stereocenters. The average molecular weight is 273 g/mol. The van der Waals surface area contributed by atoms with Gasteiger partial charge in [0.2, 0.25) is 0 Å². The molecule has 1 atom stereocenters. The van der Waals surface area contributed by atoms with Gasteiger partial charge in [-0.3, -0.25) is 0 Å². The first kappa shape index (κ1) is 10.9. The molecule has 1 aliphatic rings. The van der Waals surface area contributed by atoms with Crippen LogP contribution in [0.15, 0.2) is 6.20 Å². The van der Waals surface area contributed by atoms with Crippen LogP contribution < -0.4 is 4.90 Å². The molecule has 0 spiro atoms. The number of halogens is 1. The Bertz CT molecular complexity index is 347. The van der Waals surface area contributed by atoms with Crippen LogP contribution in [-0.2, 0) is 7.05 Å². The van der Waals surface area contributed by atoms with Crippen molar-refractivity contribution in [3.05, 3.63) is 6.20 Å². The van der Waals surface area contributed by atoms with E-state index >= 15 is 0 Å². The van der Waals surface area contributed by atoms with E-state index in [0.29, 0.717) is 10.2 Å². The maximum atomic E-state index is 3.97. The van der Waals surface area contributed by atoms with Gasteiger partial charge in [0.05, 0.1) is 6.20 Å². The molecule has 0 N–H and O–H groups in total. The number of anilines is 1. The Balaban J connectivity index is 2.17. The van der Waals surface area contributed by atoms with Gasteiger partial charge in [-0.25, -0.2) is 4.68 Å². The lowest BCUT2D eigenvalue weighted by atomic mass is 9.84. The highest BCUT2D eigenvalue weighted by Crippen LogP contribution is 2.35. The van der Waals surface area contributed by atoms with Crippen LogP contribution in [0.1, 0.15) is 20.3 Å². The Morgan fingerprint density at radius 1 is 1.53 bits per heavy atom. The van der Waals surface area contributed by atoms with E-state index < -0.39 is 0 Å². The number of piperidine rings is 1. The molecular formula is C10H17BrN4. The lowest BCUT2D eigenvalue weighted by Gasteiger charge is -2.42. The standard InChI is InChI=1S/C10H17BrN4/c1-10(2)7-15(5-4-8(10)11)9-6-12-13-14(9)3/h6,8H,4-5,7H2,1-3H3. The highest BCUT2D eigenvalue weighted by atomic mass is 79.9. The molecule has 0 saturated carbocycles. The summed E-state index contributed by atoms with van der Waals surface area (Å²) >= 11 is 3.75. The number of hydrogen-bond donors (Lipinski definition) is 0. The summed E-state index contributed by atoms with van der Waals surface area (Å²) < 4.78 is 1.84. The molecule has 2 heterocycles. The minimum Gasteiger partial charge on any atom is -0.355 e. The molecule has 84 valence electrons. The van der Waals surface area contributed by atoms with Crippen LogP contribution in [0.2, 0.25) is 0 Å². The van der Waals surface area contributed by atoms with Crippen LogP contribution in [0.4, 0.5) is 5.82 Å². The van der Waals surface area contributed by atoms with E-state index in [4.69, 9.17) is 0 Å². The van der Waals surface area contributed by atoms with E-state index in [1.807, 2.05) is 17.9 Å². The lowest BCUT2D eigenvalue weighted by Crippen LogP contribution is -2.47. The van der Waals surface area contributed by atoms with E-state index in [2.05, 4.69) is 45.0 Å². The van der Waals surface area contributed by atoms with Crippen molar-refractivity contribution in [2.45, 2.75) is 25.1 Å². The van der Waals surface area contributed by atoms with Crippen molar-refractivity contribution < 1.29 is 0 Å². The van der Waals surface area contributed by atoms with E-state index in [0.717, 1.165) is 25.3 Å². The van der Waals surface area contributed by atoms with Crippen molar-refractivity contribution in [3.63, 3.8) is 0 Å². The van der Waals surface area contributed by atoms with Gasteiger partial charge in [-0.1, -0.05) is 35.0 Å². The van der Waals surface area contributed by atoms with Crippen molar-refractivity contribution in [2.24, 2.45) is 12.5 Å². The van der Waals surface area contributed by atoms with Gasteiger partial charge in [0.25, 0.3) is 0 Å². The average Bonchev–Trinajstić information content (AvgIpc) is 2.56. The van der Waals surface area contributed by atoms with E-state index in [1.54, 1.807) is 0 Å². The van der Waals surface area contributed by atoms with Gasteiger partial charge in [0, 0.05) is 25.0 Å². The van der Waals surface area contributed by atoms with Gasteiger partial charge in [-0.05, 0) is 11.8 Å². The molecule has 1 aromatic heterocycles. The minimum absolute atomic E-state index is 0.294. The van der Waals surface area contributed by atoms with Gasteiger partial charge in [-0.15, -0.1) is 5.10 Å². The zero-order valence-corrected chi connectivity index (χ0v) is 11.0. The van der Waals surface area contributed by atoms with Gasteiger partial charge in [0.15, 0.2) is 0 Å². The maximum absolute atomic E-state index is 3.97. The van der Waals surface area contributed by atoms with Crippen molar-refractivity contribution in [2.75, 3.05) is 18.0 Å². The summed E-state index contributed by atoms with van der Waals surface area (Å²) in [6, 6.07) is 0. The second-order valence-corrected chi connectivity index (χ2v) is 5.99. The molecule has 1 saturated heterocycles. The maximum Gasteiger partial charge on any atom is 0.147 e. The van der Waals surface area contributed by atoms with Crippen LogP contribution in [0.5, 0.6) is 0 Å². The Labute approximate surface area is 98.8 Å². The highest BCUT2D eigenvalue weighted by molar-refractivity contribution is 9.09. The molecule has 0 aromatic carbocycles. The molecule has 15 heavy (non-hydrogen) atoms. The first-order valence-electron chi connectivity index (χ1n) is 5.24. The third-order valence-electron chi connectivity index (χ3n) is 3.11. The molecule has 1 fully saturated rings. The molecule has 0 aliphatic carbocycles. The summed E-state index contributed by atoms with van der Waals surface area (Å²) in [5.41, 5.74) is 0.294. The number of aromatic nitrogens is 3. The van der Waals surface area contributed by atoms with Crippen LogP contribution >= 0.6 is 15.9 Å². The third-order valence-corrected chi connectivity index (χ3v) is 4.81. The van der Waals surface area contributed by atoms with Crippen molar-refractivity contribution in [1.82, 2.24) is 15.0 Å². The van der Waals surface area contributed by atoms with Gasteiger partial charge >= 0.3 is 0 Å². The molecule has 0 amide bonds. The molecule has 4 nitrogen and oxygen atoms in total. The summed E-state index contributed by atoms with van der Waals surface area (Å²) in [4.78, 5) is 2.96. The number of rotatable bonds is 1. The molecule has 0 radical (unpaired) electrons. The second-order valence-electron chi connectivity index (χ2n) is 4.88. The smallest absolute Gasteiger partial charge is 0.147 e. The fourth-order valence-corrected chi connectivity index (χ4v) is 2.45. The van der Waals surface area contributed by atoms with Crippen LogP contribution in [0.25, 0.3) is 0 Å². The SMILES string of the molecule is Cn1nncc1N1CCC(Br)C(C)(C)C1. The molecule has 2 rings (SSSR count). The number of alkyl halides is 1. The Morgan fingerprint density at radius 3 is 2.80 bits per heavy atom. The topological polar surface area (TPSA) is 34.0 Å². The van der Waals surface area contributed by atoms with E-state index in [-0.39, 0.29) is 0 Å². The van der Waals surface area contributed by atoms with Crippen LogP contribution in [-0.4, -0.2) is 32.9 Å². The molecule has 1 aliphatic heterocycles. The molecule has 0 bridgehead atoms. The first-order valence-corrected chi connectivity index (χ1v) is 6.16. The summed E-state index contributed by atoms with van der Waals surface area (Å²) in [6.07, 6.45) is 3.00. The molecular weight excluding hydrogens is 256 g/mol. The fourth-order valence-electron chi connectivity index (χ4n) is 2.10. The Morgan fingerprint density at radius 2 is 2.27 bits per heavy atom. The first-order chi connectivity index (χ1) is 7.00. The van der Waals surface area contributed by atoms with Crippen LogP contribution in [0.3, 0.4) is 0 Å². The van der Waals surface area contributed by atoms with Crippen molar-refractivity contribution in [1.29, 1.82) is 0 Å². The fraction of sp³-hybridized carbons (Fsp3) is 0.800. The second kappa shape index (κ2) is 3.77. The monoisotopic (exact) mass is 272 g/mol. The van der Waals surface area contributed by atoms with Crippen molar-refractivity contribution >= 4 is 21.7 Å². The largest absolute Gasteiger partial charge is 0.355 e. The number of nitrogens with zero attached hydrogens (tertiary/aromatic N) is 4. The zero-order valence-electron chi connectivity index (χ0n) is 9.44. The van der Waals surface area contributed by atoms with Crippen LogP contribution in [0, 0.1) is 5.41 Å². The number of aryl methyl sites for hydroxylation is 1. The Kier molecular flexibility index (Phi) is 2.75. The van der Waals surface area contributed by atoms with Gasteiger partial charge < -0.3 is 4.90 Å². The predicted octanol–water partition coefficient (Wildman–Crippen LogP) is 1.81. The number of hydrogen-bond acceptors (Lipinski definition) is 3. The lowest BCUT2D eigenvalue weighted by molar-refractivity contribution is 0.307. The summed E-state index contributed by atoms with van der Waals surface area (Å²) in [6.45, 7) is 6.70. The molecule has 1 aromatic rings.